The minimum atomic E-state index is -0.300. The summed E-state index contributed by atoms with van der Waals surface area (Å²) in [5.41, 5.74) is 0.976. The summed E-state index contributed by atoms with van der Waals surface area (Å²) in [4.78, 5) is 14.7. The number of morpholine rings is 1. The van der Waals surface area contributed by atoms with Gasteiger partial charge in [-0.1, -0.05) is 13.0 Å². The van der Waals surface area contributed by atoms with Crippen molar-refractivity contribution in [2.75, 3.05) is 33.4 Å². The summed E-state index contributed by atoms with van der Waals surface area (Å²) in [6, 6.07) is 5.73. The molecule has 0 amide bonds. The summed E-state index contributed by atoms with van der Waals surface area (Å²) in [7, 11) is 1.63. The van der Waals surface area contributed by atoms with Crippen LogP contribution in [0.1, 0.15) is 18.9 Å². The van der Waals surface area contributed by atoms with Crippen LogP contribution in [0.2, 0.25) is 0 Å². The van der Waals surface area contributed by atoms with Crippen LogP contribution in [-0.2, 0) is 16.0 Å². The molecule has 1 unspecified atom stereocenters. The highest BCUT2D eigenvalue weighted by atomic mass is 79.9. The maximum atomic E-state index is 12.4. The van der Waals surface area contributed by atoms with Crippen LogP contribution in [0.3, 0.4) is 0 Å². The van der Waals surface area contributed by atoms with E-state index in [1.807, 2.05) is 18.2 Å². The maximum Gasteiger partial charge on any atom is 0.167 e. The Kier molecular flexibility index (Phi) is 6.21. The lowest BCUT2D eigenvalue weighted by atomic mass is 10.0. The molecule has 2 rings (SSSR count). The van der Waals surface area contributed by atoms with Crippen molar-refractivity contribution in [1.82, 2.24) is 4.90 Å². The lowest BCUT2D eigenvalue weighted by molar-refractivity contribution is -0.135. The lowest BCUT2D eigenvalue weighted by Crippen LogP contribution is -2.46. The van der Waals surface area contributed by atoms with Crippen LogP contribution in [0.5, 0.6) is 5.75 Å². The van der Waals surface area contributed by atoms with Gasteiger partial charge < -0.3 is 9.47 Å². The SMILES string of the molecule is CCCN1CCOC(C(=O)Cc2ccc(OC)c(Br)c2)C1. The van der Waals surface area contributed by atoms with E-state index in [-0.39, 0.29) is 11.9 Å². The largest absolute Gasteiger partial charge is 0.496 e. The predicted molar refractivity (Wildman–Crippen MR) is 85.9 cm³/mol. The second-order valence-electron chi connectivity index (χ2n) is 5.27. The highest BCUT2D eigenvalue weighted by Crippen LogP contribution is 2.26. The highest BCUT2D eigenvalue weighted by Gasteiger charge is 2.26. The molecule has 0 aliphatic carbocycles. The zero-order chi connectivity index (χ0) is 15.2. The molecule has 0 bridgehead atoms. The molecule has 21 heavy (non-hydrogen) atoms. The Morgan fingerprint density at radius 3 is 3.00 bits per heavy atom. The second kappa shape index (κ2) is 7.92. The average molecular weight is 356 g/mol. The molecule has 4 nitrogen and oxygen atoms in total. The van der Waals surface area contributed by atoms with Crippen LogP contribution in [0.15, 0.2) is 22.7 Å². The fourth-order valence-corrected chi connectivity index (χ4v) is 3.14. The number of methoxy groups -OCH3 is 1. The topological polar surface area (TPSA) is 38.8 Å². The van der Waals surface area contributed by atoms with Gasteiger partial charge in [-0.3, -0.25) is 9.69 Å². The molecule has 1 fully saturated rings. The number of rotatable bonds is 6. The normalized spacial score (nSPS) is 19.5. The van der Waals surface area contributed by atoms with Crippen LogP contribution < -0.4 is 4.74 Å². The molecule has 1 aliphatic rings. The Labute approximate surface area is 134 Å². The standard InChI is InChI=1S/C16H22BrNO3/c1-3-6-18-7-8-21-16(11-18)14(19)10-12-4-5-15(20-2)13(17)9-12/h4-5,9,16H,3,6-8,10-11H2,1-2H3. The quantitative estimate of drug-likeness (QED) is 0.786. The first-order valence-electron chi connectivity index (χ1n) is 7.33. The molecular formula is C16H22BrNO3. The van der Waals surface area contributed by atoms with Gasteiger partial charge in [-0.15, -0.1) is 0 Å². The summed E-state index contributed by atoms with van der Waals surface area (Å²) in [6.07, 6.45) is 1.20. The lowest BCUT2D eigenvalue weighted by Gasteiger charge is -2.31. The van der Waals surface area contributed by atoms with E-state index in [2.05, 4.69) is 27.8 Å². The summed E-state index contributed by atoms with van der Waals surface area (Å²) in [5, 5.41) is 0. The van der Waals surface area contributed by atoms with Crippen molar-refractivity contribution in [1.29, 1.82) is 0 Å². The number of Topliss-reactive ketones (excluding diaryl/α,β-unsaturated/α-hetero) is 1. The second-order valence-corrected chi connectivity index (χ2v) is 6.13. The van der Waals surface area contributed by atoms with E-state index >= 15 is 0 Å². The van der Waals surface area contributed by atoms with Gasteiger partial charge in [0, 0.05) is 19.5 Å². The minimum Gasteiger partial charge on any atom is -0.496 e. The zero-order valence-corrected chi connectivity index (χ0v) is 14.2. The molecule has 1 saturated heterocycles. The van der Waals surface area contributed by atoms with Gasteiger partial charge in [0.2, 0.25) is 0 Å². The average Bonchev–Trinajstić information content (AvgIpc) is 2.48. The van der Waals surface area contributed by atoms with E-state index in [1.54, 1.807) is 7.11 Å². The van der Waals surface area contributed by atoms with E-state index in [0.717, 1.165) is 35.3 Å². The van der Waals surface area contributed by atoms with Crippen LogP contribution in [0.25, 0.3) is 0 Å². The Hall–Kier alpha value is -0.910. The highest BCUT2D eigenvalue weighted by molar-refractivity contribution is 9.10. The third-order valence-electron chi connectivity index (χ3n) is 3.64. The van der Waals surface area contributed by atoms with E-state index < -0.39 is 0 Å². The van der Waals surface area contributed by atoms with Crippen LogP contribution in [0.4, 0.5) is 0 Å². The summed E-state index contributed by atoms with van der Waals surface area (Å²) >= 11 is 3.45. The summed E-state index contributed by atoms with van der Waals surface area (Å²) in [6.45, 7) is 5.46. The van der Waals surface area contributed by atoms with Gasteiger partial charge in [0.25, 0.3) is 0 Å². The zero-order valence-electron chi connectivity index (χ0n) is 12.6. The molecular weight excluding hydrogens is 334 g/mol. The molecule has 1 aliphatic heterocycles. The van der Waals surface area contributed by atoms with E-state index in [0.29, 0.717) is 19.6 Å². The maximum absolute atomic E-state index is 12.4. The van der Waals surface area contributed by atoms with Gasteiger partial charge in [0.15, 0.2) is 5.78 Å². The Morgan fingerprint density at radius 2 is 2.33 bits per heavy atom. The monoisotopic (exact) mass is 355 g/mol. The molecule has 1 aromatic rings. The van der Waals surface area contributed by atoms with Crippen molar-refractivity contribution in [3.63, 3.8) is 0 Å². The number of ketones is 1. The van der Waals surface area contributed by atoms with Crippen LogP contribution in [0, 0.1) is 0 Å². The van der Waals surface area contributed by atoms with Crippen LogP contribution in [-0.4, -0.2) is 50.1 Å². The van der Waals surface area contributed by atoms with Crippen molar-refractivity contribution in [3.05, 3.63) is 28.2 Å². The number of ether oxygens (including phenoxy) is 2. The van der Waals surface area contributed by atoms with Gasteiger partial charge in [0.05, 0.1) is 18.2 Å². The molecule has 0 spiro atoms. The number of benzene rings is 1. The third-order valence-corrected chi connectivity index (χ3v) is 4.26. The van der Waals surface area contributed by atoms with Crippen molar-refractivity contribution in [3.8, 4) is 5.75 Å². The van der Waals surface area contributed by atoms with Crippen molar-refractivity contribution in [2.45, 2.75) is 25.9 Å². The van der Waals surface area contributed by atoms with E-state index in [4.69, 9.17) is 9.47 Å². The first-order chi connectivity index (χ1) is 10.1. The molecule has 0 aromatic heterocycles. The van der Waals surface area contributed by atoms with Crippen molar-refractivity contribution in [2.24, 2.45) is 0 Å². The molecule has 0 radical (unpaired) electrons. The smallest absolute Gasteiger partial charge is 0.167 e. The van der Waals surface area contributed by atoms with Gasteiger partial charge in [-0.05, 0) is 46.6 Å². The minimum absolute atomic E-state index is 0.146. The number of carbonyl (C=O) groups excluding carboxylic acids is 1. The number of nitrogens with zero attached hydrogens (tertiary/aromatic N) is 1. The first-order valence-corrected chi connectivity index (χ1v) is 8.12. The summed E-state index contributed by atoms with van der Waals surface area (Å²) in [5.74, 6) is 0.919. The van der Waals surface area contributed by atoms with E-state index in [1.165, 1.54) is 0 Å². The predicted octanol–water partition coefficient (Wildman–Crippen LogP) is 2.68. The Morgan fingerprint density at radius 1 is 1.52 bits per heavy atom. The van der Waals surface area contributed by atoms with Crippen LogP contribution >= 0.6 is 15.9 Å². The molecule has 0 saturated carbocycles. The van der Waals surface area contributed by atoms with Gasteiger partial charge in [0.1, 0.15) is 11.9 Å². The summed E-state index contributed by atoms with van der Waals surface area (Å²) < 4.78 is 11.7. The number of carbonyl (C=O) groups is 1. The first kappa shape index (κ1) is 16.5. The molecule has 116 valence electrons. The van der Waals surface area contributed by atoms with E-state index in [9.17, 15) is 4.79 Å². The van der Waals surface area contributed by atoms with Crippen molar-refractivity contribution >= 4 is 21.7 Å². The molecule has 5 heteroatoms. The molecule has 1 heterocycles. The fourth-order valence-electron chi connectivity index (χ4n) is 2.55. The number of hydrogen-bond donors (Lipinski definition) is 0. The molecule has 1 atom stereocenters. The fraction of sp³-hybridized carbons (Fsp3) is 0.562. The third kappa shape index (κ3) is 4.53. The molecule has 1 aromatic carbocycles. The number of hydrogen-bond acceptors (Lipinski definition) is 4. The van der Waals surface area contributed by atoms with Gasteiger partial charge >= 0.3 is 0 Å². The van der Waals surface area contributed by atoms with Gasteiger partial charge in [-0.25, -0.2) is 0 Å². The molecule has 0 N–H and O–H groups in total. The Balaban J connectivity index is 1.96. The number of halogens is 1. The van der Waals surface area contributed by atoms with Gasteiger partial charge in [-0.2, -0.15) is 0 Å². The Bertz CT molecular complexity index is 490. The van der Waals surface area contributed by atoms with Crippen molar-refractivity contribution < 1.29 is 14.3 Å².